The van der Waals surface area contributed by atoms with Gasteiger partial charge in [0.2, 0.25) is 4.80 Å². The van der Waals surface area contributed by atoms with E-state index in [-0.39, 0.29) is 25.9 Å². The molecule has 0 unspecified atom stereocenters. The molecule has 0 aliphatic heterocycles. The Kier molecular flexibility index (Phi) is 6.89. The fourth-order valence-electron chi connectivity index (χ4n) is 1.57. The van der Waals surface area contributed by atoms with Crippen LogP contribution in [0, 0.1) is 5.82 Å². The lowest BCUT2D eigenvalue weighted by atomic mass is 10.3. The summed E-state index contributed by atoms with van der Waals surface area (Å²) in [4.78, 5) is 14.3. The number of rotatable bonds is 3. The van der Waals surface area contributed by atoms with Crippen LogP contribution >= 0.6 is 22.9 Å². The maximum absolute atomic E-state index is 13.8. The minimum absolute atomic E-state index is 0.0525. The standard InChI is InChI=1S/C11H9ClF3N3O2S.C2H6/c1-17-10(21-11(19)18(17)9(14)15)16-7-4-8(20-2)5(12)3-6(7)13;1-2/h3-4,9H,1-2H3;1-2H3. The normalized spacial score (nSPS) is 11.4. The van der Waals surface area contributed by atoms with Crippen LogP contribution < -0.4 is 14.4 Å². The molecular weight excluding hydrogens is 355 g/mol. The summed E-state index contributed by atoms with van der Waals surface area (Å²) in [7, 11) is 2.57. The molecule has 0 atom stereocenters. The average Bonchev–Trinajstić information content (AvgIpc) is 2.78. The molecule has 0 fully saturated rings. The summed E-state index contributed by atoms with van der Waals surface area (Å²) in [6.45, 7) is 0.993. The van der Waals surface area contributed by atoms with Gasteiger partial charge in [-0.05, 0) is 17.4 Å². The molecule has 0 N–H and O–H groups in total. The molecule has 5 nitrogen and oxygen atoms in total. The second-order valence-corrected chi connectivity index (χ2v) is 5.17. The largest absolute Gasteiger partial charge is 0.495 e. The Morgan fingerprint density at radius 2 is 1.96 bits per heavy atom. The van der Waals surface area contributed by atoms with Crippen LogP contribution in [0.25, 0.3) is 0 Å². The van der Waals surface area contributed by atoms with Crippen molar-refractivity contribution in [3.8, 4) is 5.75 Å². The van der Waals surface area contributed by atoms with Gasteiger partial charge in [-0.3, -0.25) is 9.48 Å². The molecule has 0 bridgehead atoms. The van der Waals surface area contributed by atoms with Gasteiger partial charge in [0.25, 0.3) is 0 Å². The molecule has 10 heteroatoms. The Bertz CT molecular complexity index is 799. The Balaban J connectivity index is 0.00000127. The molecule has 128 valence electrons. The van der Waals surface area contributed by atoms with Gasteiger partial charge < -0.3 is 4.74 Å². The highest BCUT2D eigenvalue weighted by atomic mass is 35.5. The lowest BCUT2D eigenvalue weighted by Crippen LogP contribution is -2.25. The number of hydrogen-bond donors (Lipinski definition) is 0. The quantitative estimate of drug-likeness (QED) is 0.828. The third-order valence-corrected chi connectivity index (χ3v) is 3.78. The summed E-state index contributed by atoms with van der Waals surface area (Å²) in [5.41, 5.74) is -0.172. The molecule has 0 aliphatic carbocycles. The van der Waals surface area contributed by atoms with Crippen molar-refractivity contribution in [2.45, 2.75) is 20.4 Å². The maximum atomic E-state index is 13.8. The zero-order valence-electron chi connectivity index (χ0n) is 12.8. The number of hydrogen-bond acceptors (Lipinski definition) is 4. The van der Waals surface area contributed by atoms with Gasteiger partial charge in [-0.15, -0.1) is 0 Å². The molecular formula is C13H15ClF3N3O2S. The summed E-state index contributed by atoms with van der Waals surface area (Å²) in [5.74, 6) is -0.578. The predicted octanol–water partition coefficient (Wildman–Crippen LogP) is 3.70. The average molecular weight is 370 g/mol. The highest BCUT2D eigenvalue weighted by molar-refractivity contribution is 7.06. The summed E-state index contributed by atoms with van der Waals surface area (Å²) < 4.78 is 45.2. The smallest absolute Gasteiger partial charge is 0.335 e. The van der Waals surface area contributed by atoms with Gasteiger partial charge in [0, 0.05) is 13.1 Å². The van der Waals surface area contributed by atoms with Gasteiger partial charge in [-0.1, -0.05) is 25.4 Å². The topological polar surface area (TPSA) is 48.5 Å². The summed E-state index contributed by atoms with van der Waals surface area (Å²) >= 11 is 6.22. The third kappa shape index (κ3) is 4.17. The number of aromatic nitrogens is 2. The summed E-state index contributed by atoms with van der Waals surface area (Å²) in [5, 5.41) is 0.0525. The first kappa shape index (κ1) is 19.3. The second kappa shape index (κ2) is 8.21. The summed E-state index contributed by atoms with van der Waals surface area (Å²) in [6, 6.07) is 2.21. The van der Waals surface area contributed by atoms with E-state index in [1.165, 1.54) is 20.2 Å². The minimum atomic E-state index is -3.01. The van der Waals surface area contributed by atoms with Gasteiger partial charge >= 0.3 is 11.4 Å². The first-order valence-electron chi connectivity index (χ1n) is 6.49. The lowest BCUT2D eigenvalue weighted by molar-refractivity contribution is 0.0408. The van der Waals surface area contributed by atoms with E-state index in [4.69, 9.17) is 16.3 Å². The number of ether oxygens (including phenoxy) is 1. The van der Waals surface area contributed by atoms with Crippen molar-refractivity contribution in [3.63, 3.8) is 0 Å². The molecule has 2 rings (SSSR count). The lowest BCUT2D eigenvalue weighted by Gasteiger charge is -2.05. The van der Waals surface area contributed by atoms with E-state index in [9.17, 15) is 18.0 Å². The minimum Gasteiger partial charge on any atom is -0.495 e. The maximum Gasteiger partial charge on any atom is 0.335 e. The van der Waals surface area contributed by atoms with Crippen molar-refractivity contribution in [3.05, 3.63) is 37.4 Å². The molecule has 0 saturated carbocycles. The van der Waals surface area contributed by atoms with Crippen LogP contribution in [0.15, 0.2) is 21.9 Å². The number of nitrogens with zero attached hydrogens (tertiary/aromatic N) is 3. The van der Waals surface area contributed by atoms with Crippen LogP contribution in [0.5, 0.6) is 5.75 Å². The number of benzene rings is 1. The van der Waals surface area contributed by atoms with Crippen molar-refractivity contribution >= 4 is 28.6 Å². The fourth-order valence-corrected chi connectivity index (χ4v) is 2.62. The van der Waals surface area contributed by atoms with Crippen molar-refractivity contribution in [1.29, 1.82) is 0 Å². The number of alkyl halides is 2. The van der Waals surface area contributed by atoms with Crippen LogP contribution in [-0.2, 0) is 7.05 Å². The van der Waals surface area contributed by atoms with Crippen LogP contribution in [0.4, 0.5) is 18.9 Å². The van der Waals surface area contributed by atoms with Gasteiger partial charge in [0.15, 0.2) is 5.82 Å². The van der Waals surface area contributed by atoms with E-state index in [2.05, 4.69) is 4.99 Å². The molecule has 0 saturated heterocycles. The molecule has 0 spiro atoms. The van der Waals surface area contributed by atoms with E-state index in [0.717, 1.165) is 10.7 Å². The van der Waals surface area contributed by atoms with E-state index in [1.54, 1.807) is 0 Å². The third-order valence-electron chi connectivity index (χ3n) is 2.59. The van der Waals surface area contributed by atoms with Crippen molar-refractivity contribution in [1.82, 2.24) is 9.36 Å². The number of methoxy groups -OCH3 is 1. The van der Waals surface area contributed by atoms with Crippen molar-refractivity contribution in [2.24, 2.45) is 12.0 Å². The predicted molar refractivity (Wildman–Crippen MR) is 83.3 cm³/mol. The first-order valence-corrected chi connectivity index (χ1v) is 7.69. The number of halogens is 4. The Morgan fingerprint density at radius 1 is 1.35 bits per heavy atom. The van der Waals surface area contributed by atoms with Crippen LogP contribution in [-0.4, -0.2) is 16.5 Å². The highest BCUT2D eigenvalue weighted by Gasteiger charge is 2.15. The first-order chi connectivity index (χ1) is 10.8. The van der Waals surface area contributed by atoms with E-state index < -0.39 is 17.2 Å². The van der Waals surface area contributed by atoms with Crippen LogP contribution in [0.2, 0.25) is 5.02 Å². The molecule has 0 aliphatic rings. The van der Waals surface area contributed by atoms with Gasteiger partial charge in [0.1, 0.15) is 11.4 Å². The fraction of sp³-hybridized carbons (Fsp3) is 0.385. The highest BCUT2D eigenvalue weighted by Crippen LogP contribution is 2.31. The molecule has 1 heterocycles. The Labute approximate surface area is 139 Å². The molecule has 1 aromatic heterocycles. The molecule has 1 aromatic carbocycles. The zero-order chi connectivity index (χ0) is 17.7. The van der Waals surface area contributed by atoms with Crippen molar-refractivity contribution < 1.29 is 17.9 Å². The zero-order valence-corrected chi connectivity index (χ0v) is 14.4. The molecule has 0 amide bonds. The van der Waals surface area contributed by atoms with Gasteiger partial charge in [-0.2, -0.15) is 13.5 Å². The van der Waals surface area contributed by atoms with E-state index in [1.807, 2.05) is 13.8 Å². The Hall–Kier alpha value is -1.74. The Morgan fingerprint density at radius 3 is 2.43 bits per heavy atom. The van der Waals surface area contributed by atoms with Crippen molar-refractivity contribution in [2.75, 3.05) is 7.11 Å². The SMILES string of the molecule is CC.COc1cc(N=c2sc(=O)n(C(F)F)n2C)c(F)cc1Cl. The second-order valence-electron chi connectivity index (χ2n) is 3.85. The van der Waals surface area contributed by atoms with Crippen LogP contribution in [0.1, 0.15) is 20.4 Å². The summed E-state index contributed by atoms with van der Waals surface area (Å²) in [6.07, 6.45) is 0. The van der Waals surface area contributed by atoms with Gasteiger partial charge in [-0.25, -0.2) is 9.38 Å². The van der Waals surface area contributed by atoms with Crippen LogP contribution in [0.3, 0.4) is 0 Å². The van der Waals surface area contributed by atoms with Gasteiger partial charge in [0.05, 0.1) is 12.1 Å². The molecule has 2 aromatic rings. The monoisotopic (exact) mass is 369 g/mol. The van der Waals surface area contributed by atoms with E-state index in [0.29, 0.717) is 11.3 Å². The van der Waals surface area contributed by atoms with E-state index >= 15 is 0 Å². The molecule has 0 radical (unpaired) electrons. The molecule has 23 heavy (non-hydrogen) atoms.